The number of carbonyl (C=O) groups is 1. The lowest BCUT2D eigenvalue weighted by Crippen LogP contribution is -2.39. The molecule has 0 bridgehead atoms. The number of rotatable bonds is 10. The average molecular weight is 389 g/mol. The van der Waals surface area contributed by atoms with Crippen molar-refractivity contribution in [3.8, 4) is 0 Å². The molecular weight excluding hydrogens is 360 g/mol. The molecule has 0 spiro atoms. The zero-order chi connectivity index (χ0) is 19.0. The molecule has 1 N–H and O–H groups in total. The molecule has 0 aliphatic rings. The molecule has 0 aliphatic carbocycles. The molecule has 1 atom stereocenters. The van der Waals surface area contributed by atoms with Crippen molar-refractivity contribution in [2.75, 3.05) is 13.6 Å². The first-order chi connectivity index (χ1) is 11.8. The van der Waals surface area contributed by atoms with Gasteiger partial charge in [-0.2, -0.15) is 0 Å². The Morgan fingerprint density at radius 2 is 1.92 bits per heavy atom. The average Bonchev–Trinajstić information content (AvgIpc) is 2.58. The van der Waals surface area contributed by atoms with E-state index in [1.54, 1.807) is 0 Å². The molecule has 1 aromatic rings. The van der Waals surface area contributed by atoms with Crippen LogP contribution in [0.4, 0.5) is 0 Å². The summed E-state index contributed by atoms with van der Waals surface area (Å²) in [5.41, 5.74) is 0.234. The highest BCUT2D eigenvalue weighted by molar-refractivity contribution is 7.89. The van der Waals surface area contributed by atoms with E-state index in [0.717, 1.165) is 32.1 Å². The van der Waals surface area contributed by atoms with Gasteiger partial charge in [-0.25, -0.2) is 13.1 Å². The highest BCUT2D eigenvalue weighted by Crippen LogP contribution is 2.24. The normalized spacial score (nSPS) is 12.8. The Hall–Kier alpha value is -1.11. The molecule has 0 aliphatic heterocycles. The van der Waals surface area contributed by atoms with Crippen molar-refractivity contribution >= 4 is 27.5 Å². The zero-order valence-corrected chi connectivity index (χ0v) is 17.1. The van der Waals surface area contributed by atoms with Gasteiger partial charge in [0, 0.05) is 12.6 Å². The lowest BCUT2D eigenvalue weighted by atomic mass is 10.1. The van der Waals surface area contributed by atoms with Gasteiger partial charge in [-0.1, -0.05) is 44.7 Å². The zero-order valence-electron chi connectivity index (χ0n) is 15.5. The van der Waals surface area contributed by atoms with Gasteiger partial charge in [0.1, 0.15) is 0 Å². The Bertz CT molecular complexity index is 677. The minimum Gasteiger partial charge on any atom is -0.336 e. The topological polar surface area (TPSA) is 66.5 Å². The van der Waals surface area contributed by atoms with Crippen LogP contribution in [-0.2, 0) is 10.0 Å². The van der Waals surface area contributed by atoms with Crippen molar-refractivity contribution in [1.29, 1.82) is 0 Å². The highest BCUT2D eigenvalue weighted by atomic mass is 35.5. The van der Waals surface area contributed by atoms with Crippen LogP contribution in [0.25, 0.3) is 0 Å². The number of amides is 1. The summed E-state index contributed by atoms with van der Waals surface area (Å²) in [6, 6.07) is 4.31. The monoisotopic (exact) mass is 388 g/mol. The van der Waals surface area contributed by atoms with Crippen molar-refractivity contribution in [1.82, 2.24) is 9.62 Å². The minimum atomic E-state index is -3.63. The van der Waals surface area contributed by atoms with Crippen LogP contribution in [0.2, 0.25) is 5.02 Å². The molecule has 7 heteroatoms. The first-order valence-corrected chi connectivity index (χ1v) is 10.7. The fourth-order valence-electron chi connectivity index (χ4n) is 2.74. The van der Waals surface area contributed by atoms with Gasteiger partial charge >= 0.3 is 0 Å². The van der Waals surface area contributed by atoms with Crippen LogP contribution in [0.15, 0.2) is 23.1 Å². The number of hydrogen-bond acceptors (Lipinski definition) is 3. The SMILES string of the molecule is CCCCCN(C(=O)c1cc(S(=O)(=O)NC)ccc1Cl)C(C)CCC. The summed E-state index contributed by atoms with van der Waals surface area (Å²) in [6.45, 7) is 6.87. The Balaban J connectivity index is 3.20. The maximum Gasteiger partial charge on any atom is 0.255 e. The molecule has 1 unspecified atom stereocenters. The molecule has 1 amide bonds. The van der Waals surface area contributed by atoms with Crippen LogP contribution in [-0.4, -0.2) is 38.9 Å². The van der Waals surface area contributed by atoms with E-state index in [9.17, 15) is 13.2 Å². The summed E-state index contributed by atoms with van der Waals surface area (Å²) in [5, 5.41) is 0.268. The first-order valence-electron chi connectivity index (χ1n) is 8.82. The third kappa shape index (κ3) is 5.97. The molecule has 142 valence electrons. The van der Waals surface area contributed by atoms with Gasteiger partial charge in [0.25, 0.3) is 5.91 Å². The molecule has 0 saturated heterocycles. The van der Waals surface area contributed by atoms with E-state index in [4.69, 9.17) is 11.6 Å². The predicted octanol–water partition coefficient (Wildman–Crippen LogP) is 4.07. The molecular formula is C18H29ClN2O3S. The maximum absolute atomic E-state index is 13.1. The summed E-state index contributed by atoms with van der Waals surface area (Å²) >= 11 is 6.21. The van der Waals surface area contributed by atoms with Gasteiger partial charge in [-0.15, -0.1) is 0 Å². The van der Waals surface area contributed by atoms with E-state index >= 15 is 0 Å². The van der Waals surface area contributed by atoms with Gasteiger partial charge < -0.3 is 4.90 Å². The molecule has 5 nitrogen and oxygen atoms in total. The summed E-state index contributed by atoms with van der Waals surface area (Å²) < 4.78 is 26.3. The highest BCUT2D eigenvalue weighted by Gasteiger charge is 2.24. The molecule has 25 heavy (non-hydrogen) atoms. The molecule has 1 aromatic carbocycles. The van der Waals surface area contributed by atoms with Crippen molar-refractivity contribution in [3.05, 3.63) is 28.8 Å². The standard InChI is InChI=1S/C18H29ClN2O3S/c1-5-7-8-12-21(14(3)9-6-2)18(22)16-13-15(10-11-17(16)19)25(23,24)20-4/h10-11,13-14,20H,5-9,12H2,1-4H3. The number of carbonyl (C=O) groups excluding carboxylic acids is 1. The first kappa shape index (κ1) is 21.9. The fourth-order valence-corrected chi connectivity index (χ4v) is 3.69. The molecule has 0 saturated carbocycles. The second kappa shape index (κ2) is 10.1. The minimum absolute atomic E-state index is 0.0411. The summed E-state index contributed by atoms with van der Waals surface area (Å²) in [6.07, 6.45) is 4.90. The largest absolute Gasteiger partial charge is 0.336 e. The Labute approximate surface area is 156 Å². The fraction of sp³-hybridized carbons (Fsp3) is 0.611. The number of sulfonamides is 1. The molecule has 0 heterocycles. The van der Waals surface area contributed by atoms with E-state index in [1.165, 1.54) is 25.2 Å². The summed E-state index contributed by atoms with van der Waals surface area (Å²) in [4.78, 5) is 14.9. The molecule has 0 fully saturated rings. The van der Waals surface area contributed by atoms with Gasteiger partial charge in [0.05, 0.1) is 15.5 Å². The Kier molecular flexibility index (Phi) is 8.89. The predicted molar refractivity (Wildman–Crippen MR) is 103 cm³/mol. The maximum atomic E-state index is 13.1. The molecule has 1 rings (SSSR count). The van der Waals surface area contributed by atoms with Gasteiger partial charge in [-0.05, 0) is 45.0 Å². The van der Waals surface area contributed by atoms with Crippen molar-refractivity contribution in [2.45, 2.75) is 63.8 Å². The van der Waals surface area contributed by atoms with Crippen molar-refractivity contribution < 1.29 is 13.2 Å². The van der Waals surface area contributed by atoms with E-state index in [2.05, 4.69) is 18.6 Å². The smallest absolute Gasteiger partial charge is 0.255 e. The second-order valence-corrected chi connectivity index (χ2v) is 8.49. The quantitative estimate of drug-likeness (QED) is 0.614. The third-order valence-electron chi connectivity index (χ3n) is 4.25. The lowest BCUT2D eigenvalue weighted by molar-refractivity contribution is 0.0679. The van der Waals surface area contributed by atoms with Crippen LogP contribution >= 0.6 is 11.6 Å². The van der Waals surface area contributed by atoms with Crippen LogP contribution in [0, 0.1) is 0 Å². The van der Waals surface area contributed by atoms with Crippen LogP contribution < -0.4 is 4.72 Å². The van der Waals surface area contributed by atoms with E-state index in [-0.39, 0.29) is 27.4 Å². The Morgan fingerprint density at radius 3 is 2.48 bits per heavy atom. The van der Waals surface area contributed by atoms with Crippen molar-refractivity contribution in [2.24, 2.45) is 0 Å². The number of halogens is 1. The summed E-state index contributed by atoms with van der Waals surface area (Å²) in [5.74, 6) is -0.213. The molecule has 0 radical (unpaired) electrons. The van der Waals surface area contributed by atoms with E-state index in [1.807, 2.05) is 11.8 Å². The number of unbranched alkanes of at least 4 members (excludes halogenated alkanes) is 2. The van der Waals surface area contributed by atoms with Crippen LogP contribution in [0.3, 0.4) is 0 Å². The third-order valence-corrected chi connectivity index (χ3v) is 5.99. The molecule has 0 aromatic heterocycles. The van der Waals surface area contributed by atoms with Crippen molar-refractivity contribution in [3.63, 3.8) is 0 Å². The second-order valence-electron chi connectivity index (χ2n) is 6.19. The number of hydrogen-bond donors (Lipinski definition) is 1. The lowest BCUT2D eigenvalue weighted by Gasteiger charge is -2.30. The van der Waals surface area contributed by atoms with Crippen LogP contribution in [0.1, 0.15) is 63.2 Å². The number of nitrogens with zero attached hydrogens (tertiary/aromatic N) is 1. The van der Waals surface area contributed by atoms with Gasteiger partial charge in [0.15, 0.2) is 0 Å². The summed E-state index contributed by atoms with van der Waals surface area (Å²) in [7, 11) is -2.29. The van der Waals surface area contributed by atoms with E-state index < -0.39 is 10.0 Å². The Morgan fingerprint density at radius 1 is 1.24 bits per heavy atom. The van der Waals surface area contributed by atoms with Gasteiger partial charge in [0.2, 0.25) is 10.0 Å². The number of benzene rings is 1. The van der Waals surface area contributed by atoms with Gasteiger partial charge in [-0.3, -0.25) is 4.79 Å². The number of nitrogens with one attached hydrogen (secondary N) is 1. The van der Waals surface area contributed by atoms with E-state index in [0.29, 0.717) is 6.54 Å². The van der Waals surface area contributed by atoms with Crippen LogP contribution in [0.5, 0.6) is 0 Å².